The van der Waals surface area contributed by atoms with Crippen molar-refractivity contribution in [2.24, 2.45) is 5.92 Å². The molecule has 0 aromatic rings. The zero-order valence-corrected chi connectivity index (χ0v) is 5.75. The van der Waals surface area contributed by atoms with Crippen LogP contribution in [0.4, 0.5) is 4.39 Å². The van der Waals surface area contributed by atoms with E-state index in [-0.39, 0.29) is 6.54 Å². The van der Waals surface area contributed by atoms with Crippen LogP contribution in [0.25, 0.3) is 0 Å². The van der Waals surface area contributed by atoms with Gasteiger partial charge in [-0.25, -0.2) is 4.39 Å². The van der Waals surface area contributed by atoms with Gasteiger partial charge in [0.15, 0.2) is 0 Å². The van der Waals surface area contributed by atoms with E-state index in [9.17, 15) is 9.18 Å². The van der Waals surface area contributed by atoms with E-state index < -0.39 is 18.1 Å². The van der Waals surface area contributed by atoms with Gasteiger partial charge >= 0.3 is 5.97 Å². The molecule has 58 valence electrons. The third kappa shape index (κ3) is 1.26. The first-order chi connectivity index (χ1) is 4.61. The fraction of sp³-hybridized carbons (Fsp3) is 0.833. The third-order valence-electron chi connectivity index (χ3n) is 1.75. The Hall–Kier alpha value is -0.640. The zero-order valence-electron chi connectivity index (χ0n) is 5.75. The van der Waals surface area contributed by atoms with Gasteiger partial charge in [-0.05, 0) is 7.05 Å². The van der Waals surface area contributed by atoms with E-state index in [0.29, 0.717) is 6.54 Å². The lowest BCUT2D eigenvalue weighted by Gasteiger charge is -2.03. The van der Waals surface area contributed by atoms with E-state index in [2.05, 4.69) is 0 Å². The largest absolute Gasteiger partial charge is 0.481 e. The summed E-state index contributed by atoms with van der Waals surface area (Å²) in [6, 6.07) is 0. The van der Waals surface area contributed by atoms with Crippen LogP contribution in [0.3, 0.4) is 0 Å². The monoisotopic (exact) mass is 147 g/mol. The number of carboxylic acids is 1. The molecule has 0 aromatic heterocycles. The van der Waals surface area contributed by atoms with Gasteiger partial charge in [0, 0.05) is 13.1 Å². The molecule has 0 aliphatic carbocycles. The molecular weight excluding hydrogens is 137 g/mol. The van der Waals surface area contributed by atoms with Crippen molar-refractivity contribution in [1.29, 1.82) is 0 Å². The van der Waals surface area contributed by atoms with Crippen LogP contribution in [0.1, 0.15) is 0 Å². The zero-order chi connectivity index (χ0) is 7.72. The number of aliphatic carboxylic acids is 1. The summed E-state index contributed by atoms with van der Waals surface area (Å²) in [6.45, 7) is 0.577. The summed E-state index contributed by atoms with van der Waals surface area (Å²) < 4.78 is 12.7. The van der Waals surface area contributed by atoms with Crippen LogP contribution in [-0.4, -0.2) is 42.3 Å². The maximum atomic E-state index is 12.7. The van der Waals surface area contributed by atoms with Crippen molar-refractivity contribution < 1.29 is 14.3 Å². The Balaban J connectivity index is 2.54. The van der Waals surface area contributed by atoms with Gasteiger partial charge in [-0.2, -0.15) is 0 Å². The van der Waals surface area contributed by atoms with E-state index in [0.717, 1.165) is 0 Å². The number of halogens is 1. The average Bonchev–Trinajstić information content (AvgIpc) is 2.10. The van der Waals surface area contributed by atoms with Gasteiger partial charge in [0.1, 0.15) is 12.1 Å². The second-order valence-corrected chi connectivity index (χ2v) is 2.68. The van der Waals surface area contributed by atoms with E-state index in [1.807, 2.05) is 0 Å². The van der Waals surface area contributed by atoms with Gasteiger partial charge in [0.05, 0.1) is 0 Å². The molecule has 1 fully saturated rings. The molecule has 0 radical (unpaired) electrons. The molecule has 2 atom stereocenters. The van der Waals surface area contributed by atoms with Gasteiger partial charge in [-0.3, -0.25) is 4.79 Å². The summed E-state index contributed by atoms with van der Waals surface area (Å²) in [6.07, 6.45) is -1.19. The number of carboxylic acid groups (broad SMARTS) is 1. The minimum atomic E-state index is -1.19. The second kappa shape index (κ2) is 2.54. The van der Waals surface area contributed by atoms with Crippen LogP contribution in [0.5, 0.6) is 0 Å². The van der Waals surface area contributed by atoms with Crippen molar-refractivity contribution >= 4 is 5.97 Å². The fourth-order valence-corrected chi connectivity index (χ4v) is 1.18. The standard InChI is InChI=1S/C6H10FNO2/c1-8-2-4(6(9)10)5(7)3-8/h4-5H,2-3H2,1H3,(H,9,10)/t4-,5-/m1/s1. The average molecular weight is 147 g/mol. The van der Waals surface area contributed by atoms with E-state index in [1.54, 1.807) is 11.9 Å². The van der Waals surface area contributed by atoms with Gasteiger partial charge in [0.25, 0.3) is 0 Å². The molecular formula is C6H10FNO2. The molecule has 0 spiro atoms. The van der Waals surface area contributed by atoms with Crippen LogP contribution < -0.4 is 0 Å². The quantitative estimate of drug-likeness (QED) is 0.566. The Morgan fingerprint density at radius 3 is 2.50 bits per heavy atom. The minimum Gasteiger partial charge on any atom is -0.481 e. The first kappa shape index (κ1) is 7.47. The molecule has 1 heterocycles. The molecule has 1 aliphatic rings. The summed E-state index contributed by atoms with van der Waals surface area (Å²) in [5.41, 5.74) is 0. The first-order valence-corrected chi connectivity index (χ1v) is 3.16. The van der Waals surface area contributed by atoms with Crippen LogP contribution in [0.2, 0.25) is 0 Å². The molecule has 10 heavy (non-hydrogen) atoms. The van der Waals surface area contributed by atoms with Gasteiger partial charge in [0.2, 0.25) is 0 Å². The van der Waals surface area contributed by atoms with Crippen molar-refractivity contribution in [2.75, 3.05) is 20.1 Å². The highest BCUT2D eigenvalue weighted by molar-refractivity contribution is 5.71. The van der Waals surface area contributed by atoms with Crippen molar-refractivity contribution in [1.82, 2.24) is 4.90 Å². The van der Waals surface area contributed by atoms with Crippen molar-refractivity contribution in [3.63, 3.8) is 0 Å². The fourth-order valence-electron chi connectivity index (χ4n) is 1.18. The maximum absolute atomic E-state index is 12.7. The highest BCUT2D eigenvalue weighted by Crippen LogP contribution is 2.18. The lowest BCUT2D eigenvalue weighted by Crippen LogP contribution is -2.22. The summed E-state index contributed by atoms with van der Waals surface area (Å²) in [4.78, 5) is 12.0. The highest BCUT2D eigenvalue weighted by atomic mass is 19.1. The lowest BCUT2D eigenvalue weighted by molar-refractivity contribution is -0.142. The number of hydrogen-bond donors (Lipinski definition) is 1. The Morgan fingerprint density at radius 2 is 2.30 bits per heavy atom. The summed E-state index contributed by atoms with van der Waals surface area (Å²) in [5, 5.41) is 8.43. The molecule has 1 aliphatic heterocycles. The van der Waals surface area contributed by atoms with E-state index >= 15 is 0 Å². The maximum Gasteiger partial charge on any atom is 0.310 e. The Bertz CT molecular complexity index is 151. The molecule has 1 N–H and O–H groups in total. The number of carbonyl (C=O) groups is 1. The number of likely N-dealkylation sites (tertiary alicyclic amines) is 1. The second-order valence-electron chi connectivity index (χ2n) is 2.68. The summed E-state index contributed by atoms with van der Waals surface area (Å²) in [5.74, 6) is -1.85. The Morgan fingerprint density at radius 1 is 1.70 bits per heavy atom. The molecule has 0 amide bonds. The lowest BCUT2D eigenvalue weighted by atomic mass is 10.1. The predicted molar refractivity (Wildman–Crippen MR) is 33.5 cm³/mol. The first-order valence-electron chi connectivity index (χ1n) is 3.16. The van der Waals surface area contributed by atoms with Crippen LogP contribution >= 0.6 is 0 Å². The molecule has 0 aromatic carbocycles. The molecule has 0 saturated carbocycles. The van der Waals surface area contributed by atoms with E-state index in [1.165, 1.54) is 0 Å². The van der Waals surface area contributed by atoms with Gasteiger partial charge in [-0.1, -0.05) is 0 Å². The minimum absolute atomic E-state index is 0.247. The molecule has 1 saturated heterocycles. The van der Waals surface area contributed by atoms with Crippen LogP contribution in [0, 0.1) is 5.92 Å². The van der Waals surface area contributed by atoms with Gasteiger partial charge in [-0.15, -0.1) is 0 Å². The van der Waals surface area contributed by atoms with Crippen LogP contribution in [0.15, 0.2) is 0 Å². The molecule has 3 nitrogen and oxygen atoms in total. The Kier molecular flexibility index (Phi) is 1.89. The van der Waals surface area contributed by atoms with Crippen molar-refractivity contribution in [3.8, 4) is 0 Å². The molecule has 4 heteroatoms. The van der Waals surface area contributed by atoms with Gasteiger partial charge < -0.3 is 10.0 Å². The molecule has 1 rings (SSSR count). The smallest absolute Gasteiger partial charge is 0.310 e. The van der Waals surface area contributed by atoms with Crippen LogP contribution in [-0.2, 0) is 4.79 Å². The molecule has 0 bridgehead atoms. The molecule has 0 unspecified atom stereocenters. The number of rotatable bonds is 1. The predicted octanol–water partition coefficient (Wildman–Crippen LogP) is -0.0293. The Labute approximate surface area is 58.4 Å². The summed E-state index contributed by atoms with van der Waals surface area (Å²) in [7, 11) is 1.72. The topological polar surface area (TPSA) is 40.5 Å². The SMILES string of the molecule is CN1C[C@@H](F)[C@H](C(=O)O)C1. The van der Waals surface area contributed by atoms with Crippen molar-refractivity contribution in [3.05, 3.63) is 0 Å². The third-order valence-corrected chi connectivity index (χ3v) is 1.75. The summed E-state index contributed by atoms with van der Waals surface area (Å²) >= 11 is 0. The number of hydrogen-bond acceptors (Lipinski definition) is 2. The highest BCUT2D eigenvalue weighted by Gasteiger charge is 2.35. The number of nitrogens with zero attached hydrogens (tertiary/aromatic N) is 1. The normalized spacial score (nSPS) is 34.6. The van der Waals surface area contributed by atoms with Crippen molar-refractivity contribution in [2.45, 2.75) is 6.17 Å². The number of alkyl halides is 1. The van der Waals surface area contributed by atoms with E-state index in [4.69, 9.17) is 5.11 Å².